The van der Waals surface area contributed by atoms with Crippen LogP contribution in [0.15, 0.2) is 24.3 Å². The molecule has 4 unspecified atom stereocenters. The molecule has 1 heterocycles. The minimum absolute atomic E-state index is 0.0377. The summed E-state index contributed by atoms with van der Waals surface area (Å²) in [5.74, 6) is -0.707. The zero-order valence-electron chi connectivity index (χ0n) is 14.2. The van der Waals surface area contributed by atoms with Crippen molar-refractivity contribution in [2.45, 2.75) is 25.4 Å². The first-order chi connectivity index (χ1) is 12.8. The Morgan fingerprint density at radius 1 is 0.926 bits per heavy atom. The maximum atomic E-state index is 12.8. The summed E-state index contributed by atoms with van der Waals surface area (Å²) in [4.78, 5) is 38.0. The van der Waals surface area contributed by atoms with Crippen LogP contribution in [-0.4, -0.2) is 22.7 Å². The number of nitrogens with zero attached hydrogens (tertiary/aromatic N) is 1. The topological polar surface area (TPSA) is 66.5 Å². The van der Waals surface area contributed by atoms with Gasteiger partial charge in [0, 0.05) is 5.56 Å². The Morgan fingerprint density at radius 2 is 1.44 bits per heavy atom. The third-order valence-electron chi connectivity index (χ3n) is 6.83. The molecule has 1 N–H and O–H groups in total. The van der Waals surface area contributed by atoms with E-state index in [0.717, 1.165) is 48.5 Å². The summed E-state index contributed by atoms with van der Waals surface area (Å²) in [6.07, 6.45) is -1.49. The van der Waals surface area contributed by atoms with E-state index in [-0.39, 0.29) is 41.0 Å². The van der Waals surface area contributed by atoms with E-state index in [0.29, 0.717) is 11.8 Å². The summed E-state index contributed by atoms with van der Waals surface area (Å²) in [6, 6.07) is 3.68. The van der Waals surface area contributed by atoms with Crippen LogP contribution in [0.3, 0.4) is 0 Å². The average molecular weight is 378 g/mol. The van der Waals surface area contributed by atoms with Gasteiger partial charge in [-0.3, -0.25) is 19.8 Å². The van der Waals surface area contributed by atoms with Crippen LogP contribution in [0.1, 0.15) is 35.2 Å². The zero-order valence-corrected chi connectivity index (χ0v) is 14.2. The van der Waals surface area contributed by atoms with Crippen molar-refractivity contribution in [1.29, 1.82) is 0 Å². The fourth-order valence-electron chi connectivity index (χ4n) is 5.62. The van der Waals surface area contributed by atoms with E-state index in [1.807, 2.05) is 0 Å². The lowest BCUT2D eigenvalue weighted by atomic mass is 9.59. The van der Waals surface area contributed by atoms with Crippen LogP contribution in [0.2, 0.25) is 0 Å². The largest absolute Gasteiger partial charge is 0.416 e. The number of carbonyl (C=O) groups is 3. The second-order valence-corrected chi connectivity index (χ2v) is 8.05. The molecule has 1 aromatic rings. The van der Waals surface area contributed by atoms with E-state index in [9.17, 15) is 27.6 Å². The normalized spacial score (nSPS) is 36.5. The van der Waals surface area contributed by atoms with Crippen molar-refractivity contribution in [2.75, 3.05) is 0 Å². The van der Waals surface area contributed by atoms with Crippen molar-refractivity contribution in [3.63, 3.8) is 0 Å². The highest BCUT2D eigenvalue weighted by Gasteiger charge is 2.68. The van der Waals surface area contributed by atoms with Crippen molar-refractivity contribution in [3.05, 3.63) is 35.4 Å². The van der Waals surface area contributed by atoms with E-state index < -0.39 is 17.6 Å². The molecule has 5 aliphatic rings. The number of nitrogens with one attached hydrogen (secondary N) is 1. The van der Waals surface area contributed by atoms with E-state index in [2.05, 4.69) is 5.43 Å². The minimum atomic E-state index is -4.49. The lowest BCUT2D eigenvalue weighted by Crippen LogP contribution is -2.46. The molecule has 5 fully saturated rings. The van der Waals surface area contributed by atoms with E-state index in [1.165, 1.54) is 0 Å². The molecule has 6 atom stereocenters. The van der Waals surface area contributed by atoms with Gasteiger partial charge >= 0.3 is 6.18 Å². The highest BCUT2D eigenvalue weighted by Crippen LogP contribution is 2.67. The molecule has 1 aliphatic heterocycles. The number of benzene rings is 1. The van der Waals surface area contributed by atoms with E-state index >= 15 is 0 Å². The van der Waals surface area contributed by atoms with Crippen molar-refractivity contribution in [1.82, 2.24) is 10.4 Å². The molecule has 27 heavy (non-hydrogen) atoms. The molecule has 1 saturated heterocycles. The highest BCUT2D eigenvalue weighted by molar-refractivity contribution is 6.08. The Kier molecular flexibility index (Phi) is 3.31. The second kappa shape index (κ2) is 5.33. The molecule has 142 valence electrons. The predicted molar refractivity (Wildman–Crippen MR) is 85.6 cm³/mol. The third kappa shape index (κ3) is 2.34. The summed E-state index contributed by atoms with van der Waals surface area (Å²) in [7, 11) is 0. The molecule has 6 rings (SSSR count). The number of hydrogen-bond acceptors (Lipinski definition) is 3. The van der Waals surface area contributed by atoms with Crippen molar-refractivity contribution in [3.8, 4) is 0 Å². The van der Waals surface area contributed by atoms with Gasteiger partial charge in [-0.1, -0.05) is 0 Å². The monoisotopic (exact) mass is 378 g/mol. The summed E-state index contributed by atoms with van der Waals surface area (Å²) >= 11 is 0. The van der Waals surface area contributed by atoms with Crippen LogP contribution in [0.25, 0.3) is 0 Å². The lowest BCUT2D eigenvalue weighted by Gasteiger charge is -2.42. The quantitative estimate of drug-likeness (QED) is 0.805. The van der Waals surface area contributed by atoms with Crippen LogP contribution in [-0.2, 0) is 15.8 Å². The Morgan fingerprint density at radius 3 is 1.93 bits per heavy atom. The number of fused-ring (bicyclic) bond motifs is 1. The van der Waals surface area contributed by atoms with Gasteiger partial charge in [0.2, 0.25) is 0 Å². The van der Waals surface area contributed by atoms with Crippen molar-refractivity contribution in [2.24, 2.45) is 35.5 Å². The number of hydrazine groups is 1. The third-order valence-corrected chi connectivity index (χ3v) is 6.83. The smallest absolute Gasteiger partial charge is 0.272 e. The lowest BCUT2D eigenvalue weighted by molar-refractivity contribution is -0.143. The van der Waals surface area contributed by atoms with Gasteiger partial charge < -0.3 is 0 Å². The van der Waals surface area contributed by atoms with Crippen molar-refractivity contribution >= 4 is 17.7 Å². The Hall–Kier alpha value is -2.38. The van der Waals surface area contributed by atoms with Gasteiger partial charge in [-0.2, -0.15) is 18.2 Å². The first-order valence-electron chi connectivity index (χ1n) is 9.13. The Labute approximate surface area is 152 Å². The first kappa shape index (κ1) is 16.8. The average Bonchev–Trinajstić information content (AvgIpc) is 3.42. The van der Waals surface area contributed by atoms with Crippen LogP contribution in [0.4, 0.5) is 13.2 Å². The fourth-order valence-corrected chi connectivity index (χ4v) is 5.62. The molecular formula is C19H17F3N2O3. The van der Waals surface area contributed by atoms with Crippen LogP contribution in [0, 0.1) is 35.5 Å². The molecular weight excluding hydrogens is 361 g/mol. The zero-order chi connectivity index (χ0) is 19.1. The van der Waals surface area contributed by atoms with Crippen LogP contribution in [0.5, 0.6) is 0 Å². The number of hydrogen-bond donors (Lipinski definition) is 1. The molecule has 4 aliphatic carbocycles. The molecule has 2 bridgehead atoms. The van der Waals surface area contributed by atoms with Crippen LogP contribution >= 0.6 is 0 Å². The van der Waals surface area contributed by atoms with Gasteiger partial charge in [0.05, 0.1) is 17.4 Å². The first-order valence-corrected chi connectivity index (χ1v) is 9.13. The van der Waals surface area contributed by atoms with E-state index in [4.69, 9.17) is 0 Å². The van der Waals surface area contributed by atoms with E-state index in [1.54, 1.807) is 0 Å². The molecule has 8 heteroatoms. The maximum absolute atomic E-state index is 12.8. The summed E-state index contributed by atoms with van der Waals surface area (Å²) < 4.78 is 37.9. The molecule has 5 nitrogen and oxygen atoms in total. The molecule has 0 spiro atoms. The number of imide groups is 1. The number of carbonyl (C=O) groups excluding carboxylic acids is 3. The van der Waals surface area contributed by atoms with Crippen molar-refractivity contribution < 1.29 is 27.6 Å². The van der Waals surface area contributed by atoms with Gasteiger partial charge in [-0.15, -0.1) is 0 Å². The van der Waals surface area contributed by atoms with Gasteiger partial charge in [-0.05, 0) is 67.2 Å². The van der Waals surface area contributed by atoms with Gasteiger partial charge in [0.1, 0.15) is 0 Å². The molecule has 1 aromatic carbocycles. The molecule has 0 aromatic heterocycles. The second-order valence-electron chi connectivity index (χ2n) is 8.05. The fraction of sp³-hybridized carbons (Fsp3) is 0.526. The highest BCUT2D eigenvalue weighted by atomic mass is 19.4. The summed E-state index contributed by atoms with van der Waals surface area (Å²) in [5.41, 5.74) is 1.42. The molecule has 4 saturated carbocycles. The van der Waals surface area contributed by atoms with Crippen LogP contribution < -0.4 is 5.43 Å². The maximum Gasteiger partial charge on any atom is 0.416 e. The number of halogens is 3. The summed E-state index contributed by atoms with van der Waals surface area (Å²) in [6.45, 7) is 0. The van der Waals surface area contributed by atoms with Gasteiger partial charge in [-0.25, -0.2) is 0 Å². The predicted octanol–water partition coefficient (Wildman–Crippen LogP) is 2.63. The molecule has 0 radical (unpaired) electrons. The van der Waals surface area contributed by atoms with Gasteiger partial charge in [0.15, 0.2) is 0 Å². The number of rotatable bonds is 2. The Balaban J connectivity index is 1.35. The molecule has 3 amide bonds. The minimum Gasteiger partial charge on any atom is -0.272 e. The van der Waals surface area contributed by atoms with Gasteiger partial charge in [0.25, 0.3) is 17.7 Å². The number of alkyl halides is 3. The Bertz CT molecular complexity index is 817. The number of amides is 3. The SMILES string of the molecule is O=C(NN1C(=O)[C@@H]2C3CCC(C4CC43)[C@@H]2C1=O)c1ccc(C(F)(F)F)cc1. The summed E-state index contributed by atoms with van der Waals surface area (Å²) in [5, 5.41) is 0.811. The standard InChI is InChI=1S/C19H17F3N2O3/c20-19(21,22)9-3-1-8(2-4-9)16(25)23-24-17(26)14-10-5-6-11(13-7-12(10)13)15(14)18(24)27/h1-4,10-15H,5-7H2,(H,23,25)/t10?,11?,12?,13?,14-,15+.